The summed E-state index contributed by atoms with van der Waals surface area (Å²) >= 11 is 0. The van der Waals surface area contributed by atoms with E-state index in [9.17, 15) is 10.1 Å². The molecule has 2 aromatic heterocycles. The van der Waals surface area contributed by atoms with E-state index in [4.69, 9.17) is 0 Å². The van der Waals surface area contributed by atoms with Crippen LogP contribution in [0.25, 0.3) is 10.9 Å². The number of pyridine rings is 1. The minimum atomic E-state index is -0.362. The summed E-state index contributed by atoms with van der Waals surface area (Å²) in [5.41, 5.74) is 3.43. The summed E-state index contributed by atoms with van der Waals surface area (Å²) in [4.78, 5) is 15.5. The van der Waals surface area contributed by atoms with E-state index in [1.165, 1.54) is 6.07 Å². The molecule has 0 aliphatic rings. The van der Waals surface area contributed by atoms with Crippen molar-refractivity contribution in [3.63, 3.8) is 0 Å². The first-order valence-corrected chi connectivity index (χ1v) is 7.53. The van der Waals surface area contributed by atoms with E-state index in [-0.39, 0.29) is 10.6 Å². The van der Waals surface area contributed by atoms with Gasteiger partial charge in [0.25, 0.3) is 5.69 Å². The van der Waals surface area contributed by atoms with Crippen molar-refractivity contribution in [2.75, 3.05) is 0 Å². The monoisotopic (exact) mass is 310 g/mol. The fourth-order valence-electron chi connectivity index (χ4n) is 2.73. The van der Waals surface area contributed by atoms with E-state index in [1.807, 2.05) is 24.3 Å². The summed E-state index contributed by atoms with van der Waals surface area (Å²) in [7, 11) is 0. The van der Waals surface area contributed by atoms with E-state index in [2.05, 4.69) is 23.9 Å². The summed E-state index contributed by atoms with van der Waals surface area (Å²) in [5, 5.41) is 16.3. The molecule has 3 aromatic rings. The van der Waals surface area contributed by atoms with E-state index in [0.29, 0.717) is 23.5 Å². The third-order valence-corrected chi connectivity index (χ3v) is 3.86. The molecule has 23 heavy (non-hydrogen) atoms. The van der Waals surface area contributed by atoms with E-state index in [0.717, 1.165) is 16.9 Å². The fraction of sp³-hybridized carbons (Fsp3) is 0.294. The summed E-state index contributed by atoms with van der Waals surface area (Å²) < 4.78 is 1.78. The number of hydrogen-bond donors (Lipinski definition) is 0. The van der Waals surface area contributed by atoms with Gasteiger partial charge in [0.05, 0.1) is 28.4 Å². The second kappa shape index (κ2) is 5.79. The van der Waals surface area contributed by atoms with Crippen molar-refractivity contribution in [3.8, 4) is 0 Å². The molecule has 0 saturated heterocycles. The minimum Gasteiger partial charge on any atom is -0.258 e. The second-order valence-corrected chi connectivity index (χ2v) is 5.88. The number of benzene rings is 1. The molecular formula is C17H18N4O2. The van der Waals surface area contributed by atoms with Gasteiger partial charge in [-0.3, -0.25) is 19.8 Å². The Morgan fingerprint density at radius 2 is 1.96 bits per heavy atom. The number of rotatable bonds is 4. The largest absolute Gasteiger partial charge is 0.280 e. The number of nitro groups is 1. The fourth-order valence-corrected chi connectivity index (χ4v) is 2.73. The molecular weight excluding hydrogens is 292 g/mol. The summed E-state index contributed by atoms with van der Waals surface area (Å²) in [6, 6.07) is 11.0. The minimum absolute atomic E-state index is 0.0927. The lowest BCUT2D eigenvalue weighted by Gasteiger charge is -2.08. The van der Waals surface area contributed by atoms with Gasteiger partial charge in [-0.2, -0.15) is 5.10 Å². The smallest absolute Gasteiger partial charge is 0.258 e. The number of nitrogens with zero attached hydrogens (tertiary/aromatic N) is 4. The molecule has 0 saturated carbocycles. The maximum Gasteiger partial charge on any atom is 0.280 e. The van der Waals surface area contributed by atoms with Crippen molar-refractivity contribution in [1.82, 2.24) is 14.8 Å². The number of aryl methyl sites for hydroxylation is 1. The molecule has 3 rings (SSSR count). The maximum atomic E-state index is 11.2. The zero-order valence-corrected chi connectivity index (χ0v) is 13.4. The van der Waals surface area contributed by atoms with Gasteiger partial charge in [0, 0.05) is 11.8 Å². The van der Waals surface area contributed by atoms with E-state index < -0.39 is 0 Å². The van der Waals surface area contributed by atoms with Crippen LogP contribution in [0.4, 0.5) is 5.69 Å². The van der Waals surface area contributed by atoms with Crippen LogP contribution in [0.3, 0.4) is 0 Å². The molecule has 0 amide bonds. The van der Waals surface area contributed by atoms with Crippen molar-refractivity contribution in [2.24, 2.45) is 0 Å². The number of aromatic nitrogens is 3. The second-order valence-electron chi connectivity index (χ2n) is 5.88. The molecule has 0 spiro atoms. The molecule has 1 aromatic carbocycles. The molecule has 6 nitrogen and oxygen atoms in total. The Morgan fingerprint density at radius 3 is 2.65 bits per heavy atom. The van der Waals surface area contributed by atoms with Crippen molar-refractivity contribution in [1.29, 1.82) is 0 Å². The topological polar surface area (TPSA) is 73.8 Å². The van der Waals surface area contributed by atoms with Crippen LogP contribution < -0.4 is 0 Å². The highest BCUT2D eigenvalue weighted by Gasteiger charge is 2.18. The normalized spacial score (nSPS) is 11.3. The van der Waals surface area contributed by atoms with Gasteiger partial charge in [0.15, 0.2) is 0 Å². The average Bonchev–Trinajstić information content (AvgIpc) is 2.84. The van der Waals surface area contributed by atoms with Crippen molar-refractivity contribution in [3.05, 3.63) is 63.6 Å². The van der Waals surface area contributed by atoms with Crippen molar-refractivity contribution in [2.45, 2.75) is 33.2 Å². The molecule has 6 heteroatoms. The Labute approximate surface area is 133 Å². The van der Waals surface area contributed by atoms with Gasteiger partial charge >= 0.3 is 0 Å². The predicted molar refractivity (Wildman–Crippen MR) is 88.6 cm³/mol. The first-order chi connectivity index (χ1) is 11.0. The Balaban J connectivity index is 2.06. The lowest BCUT2D eigenvalue weighted by molar-refractivity contribution is -0.383. The van der Waals surface area contributed by atoms with Crippen LogP contribution in [0.1, 0.15) is 36.8 Å². The first-order valence-electron chi connectivity index (χ1n) is 7.53. The highest BCUT2D eigenvalue weighted by Crippen LogP contribution is 2.28. The average molecular weight is 310 g/mol. The summed E-state index contributed by atoms with van der Waals surface area (Å²) in [5.74, 6) is 0.354. The highest BCUT2D eigenvalue weighted by atomic mass is 16.6. The zero-order chi connectivity index (χ0) is 16.6. The Hall–Kier alpha value is -2.76. The van der Waals surface area contributed by atoms with Crippen LogP contribution >= 0.6 is 0 Å². The maximum absolute atomic E-state index is 11.2. The molecule has 0 bridgehead atoms. The van der Waals surface area contributed by atoms with Gasteiger partial charge in [-0.05, 0) is 31.0 Å². The van der Waals surface area contributed by atoms with Gasteiger partial charge in [-0.1, -0.05) is 26.0 Å². The molecule has 0 unspecified atom stereocenters. The lowest BCUT2D eigenvalue weighted by Crippen LogP contribution is -2.05. The van der Waals surface area contributed by atoms with Crippen LogP contribution in [0.15, 0.2) is 36.4 Å². The molecule has 0 aliphatic heterocycles. The van der Waals surface area contributed by atoms with E-state index in [1.54, 1.807) is 17.7 Å². The van der Waals surface area contributed by atoms with Gasteiger partial charge in [-0.15, -0.1) is 0 Å². The molecule has 0 aliphatic carbocycles. The molecule has 0 radical (unpaired) electrons. The quantitative estimate of drug-likeness (QED) is 0.542. The number of fused-ring (bicyclic) bond motifs is 1. The van der Waals surface area contributed by atoms with Gasteiger partial charge in [0.1, 0.15) is 5.39 Å². The molecule has 0 atom stereocenters. The summed E-state index contributed by atoms with van der Waals surface area (Å²) in [6.45, 7) is 6.49. The Kier molecular flexibility index (Phi) is 3.82. The molecule has 118 valence electrons. The van der Waals surface area contributed by atoms with Crippen LogP contribution in [0, 0.1) is 17.0 Å². The standard InChI is InChI=1S/C17H18N4O2/c1-11(2)14-7-4-6-13(18-14)10-20-15-8-5-9-16(21(22)23)17(15)12(3)19-20/h4-9,11H,10H2,1-3H3. The van der Waals surface area contributed by atoms with Gasteiger partial charge < -0.3 is 0 Å². The van der Waals surface area contributed by atoms with Crippen LogP contribution in [0.5, 0.6) is 0 Å². The SMILES string of the molecule is Cc1nn(Cc2cccc(C(C)C)n2)c2cccc([N+](=O)[O-])c12. The number of hydrogen-bond acceptors (Lipinski definition) is 4. The Morgan fingerprint density at radius 1 is 1.22 bits per heavy atom. The molecule has 0 fully saturated rings. The third-order valence-electron chi connectivity index (χ3n) is 3.86. The Bertz CT molecular complexity index is 883. The van der Waals surface area contributed by atoms with Crippen LogP contribution in [0.2, 0.25) is 0 Å². The molecule has 0 N–H and O–H groups in total. The predicted octanol–water partition coefficient (Wildman–Crippen LogP) is 3.82. The van der Waals surface area contributed by atoms with Gasteiger partial charge in [0.2, 0.25) is 0 Å². The third kappa shape index (κ3) is 2.79. The lowest BCUT2D eigenvalue weighted by atomic mass is 10.1. The highest BCUT2D eigenvalue weighted by molar-refractivity contribution is 5.90. The number of nitro benzene ring substituents is 1. The number of non-ortho nitro benzene ring substituents is 1. The zero-order valence-electron chi connectivity index (χ0n) is 13.4. The van der Waals surface area contributed by atoms with Crippen molar-refractivity contribution >= 4 is 16.6 Å². The summed E-state index contributed by atoms with van der Waals surface area (Å²) in [6.07, 6.45) is 0. The molecule has 2 heterocycles. The first kappa shape index (κ1) is 15.1. The van der Waals surface area contributed by atoms with Crippen molar-refractivity contribution < 1.29 is 4.92 Å². The van der Waals surface area contributed by atoms with Crippen LogP contribution in [-0.4, -0.2) is 19.7 Å². The van der Waals surface area contributed by atoms with Gasteiger partial charge in [-0.25, -0.2) is 0 Å². The van der Waals surface area contributed by atoms with E-state index >= 15 is 0 Å². The van der Waals surface area contributed by atoms with Crippen LogP contribution in [-0.2, 0) is 6.54 Å².